The molecule has 3 rings (SSSR count). The van der Waals surface area contributed by atoms with Gasteiger partial charge in [-0.2, -0.15) is 0 Å². The molecule has 1 N–H and O–H groups in total. The summed E-state index contributed by atoms with van der Waals surface area (Å²) in [4.78, 5) is 11.1. The molecule has 0 radical (unpaired) electrons. The number of nitrogens with zero attached hydrogens (tertiary/aromatic N) is 2. The first-order chi connectivity index (χ1) is 8.52. The third-order valence-corrected chi connectivity index (χ3v) is 3.68. The van der Waals surface area contributed by atoms with Crippen LogP contribution in [0.1, 0.15) is 10.5 Å². The van der Waals surface area contributed by atoms with Gasteiger partial charge in [-0.05, 0) is 12.1 Å². The van der Waals surface area contributed by atoms with E-state index in [0.29, 0.717) is 5.02 Å². The normalized spacial score (nSPS) is 11.5. The third kappa shape index (κ3) is 1.24. The van der Waals surface area contributed by atoms with Gasteiger partial charge in [0.05, 0.1) is 21.6 Å². The predicted octanol–water partition coefficient (Wildman–Crippen LogP) is 3.02. The molecule has 0 aliphatic heterocycles. The Morgan fingerprint density at radius 1 is 1.22 bits per heavy atom. The molecule has 4 nitrogen and oxygen atoms in total. The van der Waals surface area contributed by atoms with Gasteiger partial charge in [0.25, 0.3) is 0 Å². The van der Waals surface area contributed by atoms with Crippen LogP contribution in [0.5, 0.6) is 0 Å². The number of hydrogen-bond acceptors (Lipinski definition) is 1. The number of fused-ring (bicyclic) bond motifs is 3. The highest BCUT2D eigenvalue weighted by Crippen LogP contribution is 2.33. The van der Waals surface area contributed by atoms with Crippen LogP contribution in [0.4, 0.5) is 0 Å². The van der Waals surface area contributed by atoms with Crippen LogP contribution in [-0.4, -0.2) is 20.2 Å². The highest BCUT2D eigenvalue weighted by atomic mass is 35.5. The zero-order valence-corrected chi connectivity index (χ0v) is 10.7. The summed E-state index contributed by atoms with van der Waals surface area (Å²) in [5.41, 5.74) is 2.97. The SMILES string of the molecule is Cn1c(C(=O)O)cc2c1c1cccc(Cl)c1n2C. The van der Waals surface area contributed by atoms with E-state index in [4.69, 9.17) is 16.7 Å². The van der Waals surface area contributed by atoms with Crippen molar-refractivity contribution in [2.75, 3.05) is 0 Å². The number of carbonyl (C=O) groups is 1. The Hall–Kier alpha value is -1.94. The second kappa shape index (κ2) is 3.53. The highest BCUT2D eigenvalue weighted by molar-refractivity contribution is 6.36. The highest BCUT2D eigenvalue weighted by Gasteiger charge is 2.19. The van der Waals surface area contributed by atoms with Crippen LogP contribution in [0.3, 0.4) is 0 Å². The summed E-state index contributed by atoms with van der Waals surface area (Å²) in [7, 11) is 3.65. The number of para-hydroxylation sites is 1. The summed E-state index contributed by atoms with van der Waals surface area (Å²) in [5, 5.41) is 10.8. The lowest BCUT2D eigenvalue weighted by Crippen LogP contribution is -2.03. The van der Waals surface area contributed by atoms with Gasteiger partial charge in [-0.15, -0.1) is 0 Å². The summed E-state index contributed by atoms with van der Waals surface area (Å²) in [5.74, 6) is -0.927. The Morgan fingerprint density at radius 2 is 1.94 bits per heavy atom. The van der Waals surface area contributed by atoms with Gasteiger partial charge >= 0.3 is 5.97 Å². The lowest BCUT2D eigenvalue weighted by Gasteiger charge is -2.01. The van der Waals surface area contributed by atoms with E-state index in [9.17, 15) is 4.79 Å². The lowest BCUT2D eigenvalue weighted by atomic mass is 10.2. The zero-order chi connectivity index (χ0) is 13.0. The van der Waals surface area contributed by atoms with E-state index >= 15 is 0 Å². The van der Waals surface area contributed by atoms with Crippen LogP contribution in [0.25, 0.3) is 21.9 Å². The second-order valence-electron chi connectivity index (χ2n) is 4.32. The van der Waals surface area contributed by atoms with Gasteiger partial charge in [-0.25, -0.2) is 4.79 Å². The molecule has 18 heavy (non-hydrogen) atoms. The number of hydrogen-bond donors (Lipinski definition) is 1. The van der Waals surface area contributed by atoms with Gasteiger partial charge in [0.15, 0.2) is 0 Å². The molecule has 1 aromatic carbocycles. The molecule has 2 heterocycles. The smallest absolute Gasteiger partial charge is 0.352 e. The zero-order valence-electron chi connectivity index (χ0n) is 9.94. The molecule has 0 saturated carbocycles. The molecule has 0 bridgehead atoms. The molecule has 0 spiro atoms. The van der Waals surface area contributed by atoms with Crippen LogP contribution >= 0.6 is 11.6 Å². The minimum Gasteiger partial charge on any atom is -0.477 e. The molecule has 2 aromatic heterocycles. The van der Waals surface area contributed by atoms with Crippen LogP contribution in [0, 0.1) is 0 Å². The number of benzene rings is 1. The van der Waals surface area contributed by atoms with Gasteiger partial charge in [-0.1, -0.05) is 23.7 Å². The first-order valence-electron chi connectivity index (χ1n) is 5.48. The van der Waals surface area contributed by atoms with Crippen LogP contribution in [0.15, 0.2) is 24.3 Å². The van der Waals surface area contributed by atoms with Crippen molar-refractivity contribution in [2.24, 2.45) is 14.1 Å². The fraction of sp³-hybridized carbons (Fsp3) is 0.154. The number of halogens is 1. The minimum atomic E-state index is -0.927. The average molecular weight is 263 g/mol. The molecule has 0 unspecified atom stereocenters. The van der Waals surface area contributed by atoms with Gasteiger partial charge in [0.1, 0.15) is 5.69 Å². The van der Waals surface area contributed by atoms with Gasteiger partial charge < -0.3 is 14.2 Å². The molecule has 0 atom stereocenters. The predicted molar refractivity (Wildman–Crippen MR) is 71.4 cm³/mol. The van der Waals surface area contributed by atoms with Gasteiger partial charge in [0, 0.05) is 19.5 Å². The summed E-state index contributed by atoms with van der Waals surface area (Å²) in [6.07, 6.45) is 0. The van der Waals surface area contributed by atoms with Crippen molar-refractivity contribution in [1.82, 2.24) is 9.13 Å². The van der Waals surface area contributed by atoms with Crippen molar-refractivity contribution in [3.05, 3.63) is 35.0 Å². The van der Waals surface area contributed by atoms with Crippen molar-refractivity contribution in [1.29, 1.82) is 0 Å². The van der Waals surface area contributed by atoms with E-state index < -0.39 is 5.97 Å². The summed E-state index contributed by atoms with van der Waals surface area (Å²) in [6.45, 7) is 0. The molecule has 0 fully saturated rings. The fourth-order valence-electron chi connectivity index (χ4n) is 2.53. The largest absolute Gasteiger partial charge is 0.477 e. The van der Waals surface area contributed by atoms with Crippen LogP contribution < -0.4 is 0 Å². The minimum absolute atomic E-state index is 0.275. The molecule has 3 aromatic rings. The number of aromatic carboxylic acids is 1. The molecule has 0 aliphatic rings. The van der Waals surface area contributed by atoms with E-state index in [0.717, 1.165) is 21.9 Å². The Bertz CT molecular complexity index is 798. The van der Waals surface area contributed by atoms with E-state index in [1.165, 1.54) is 0 Å². The molecule has 5 heteroatoms. The van der Waals surface area contributed by atoms with E-state index in [-0.39, 0.29) is 5.69 Å². The topological polar surface area (TPSA) is 47.2 Å². The Morgan fingerprint density at radius 3 is 2.61 bits per heavy atom. The lowest BCUT2D eigenvalue weighted by molar-refractivity contribution is 0.0687. The van der Waals surface area contributed by atoms with Crippen LogP contribution in [-0.2, 0) is 14.1 Å². The first kappa shape index (κ1) is 11.2. The van der Waals surface area contributed by atoms with E-state index in [1.807, 2.05) is 29.8 Å². The second-order valence-corrected chi connectivity index (χ2v) is 4.73. The number of carboxylic acids is 1. The fourth-order valence-corrected chi connectivity index (χ4v) is 2.84. The van der Waals surface area contributed by atoms with E-state index in [1.54, 1.807) is 17.7 Å². The number of rotatable bonds is 1. The van der Waals surface area contributed by atoms with Crippen molar-refractivity contribution in [2.45, 2.75) is 0 Å². The Labute approximate surface area is 108 Å². The molecular formula is C13H11ClN2O2. The van der Waals surface area contributed by atoms with Crippen LogP contribution in [0.2, 0.25) is 5.02 Å². The first-order valence-corrected chi connectivity index (χ1v) is 5.85. The quantitative estimate of drug-likeness (QED) is 0.733. The molecule has 0 amide bonds. The third-order valence-electron chi connectivity index (χ3n) is 3.37. The maximum absolute atomic E-state index is 11.1. The summed E-state index contributed by atoms with van der Waals surface area (Å²) < 4.78 is 3.62. The number of aromatic nitrogens is 2. The van der Waals surface area contributed by atoms with Crippen molar-refractivity contribution < 1.29 is 9.90 Å². The number of carboxylic acid groups (broad SMARTS) is 1. The molecular weight excluding hydrogens is 252 g/mol. The monoisotopic (exact) mass is 262 g/mol. The van der Waals surface area contributed by atoms with E-state index in [2.05, 4.69) is 0 Å². The number of aryl methyl sites for hydroxylation is 2. The van der Waals surface area contributed by atoms with Crippen molar-refractivity contribution in [3.63, 3.8) is 0 Å². The maximum Gasteiger partial charge on any atom is 0.352 e. The maximum atomic E-state index is 11.1. The van der Waals surface area contributed by atoms with Gasteiger partial charge in [0.2, 0.25) is 0 Å². The Balaban J connectivity index is 2.58. The summed E-state index contributed by atoms with van der Waals surface area (Å²) >= 11 is 6.20. The molecule has 0 saturated heterocycles. The average Bonchev–Trinajstić information content (AvgIpc) is 2.78. The molecule has 92 valence electrons. The van der Waals surface area contributed by atoms with Crippen molar-refractivity contribution in [3.8, 4) is 0 Å². The Kier molecular flexibility index (Phi) is 2.19. The summed E-state index contributed by atoms with van der Waals surface area (Å²) in [6, 6.07) is 7.33. The standard InChI is InChI=1S/C13H11ClN2O2/c1-15-9-6-10(13(17)18)16(2)12(9)7-4-3-5-8(14)11(7)15/h3-6H,1-2H3,(H,17,18). The molecule has 0 aliphatic carbocycles. The van der Waals surface area contributed by atoms with Crippen molar-refractivity contribution >= 4 is 39.5 Å². The van der Waals surface area contributed by atoms with Gasteiger partial charge in [-0.3, -0.25) is 0 Å².